The SMILES string of the molecule is CC(C)(C)OC(=O)N1CC(CO)OC(CC(=O)OCCl)C1. The molecule has 1 aliphatic heterocycles. The molecule has 21 heavy (non-hydrogen) atoms. The summed E-state index contributed by atoms with van der Waals surface area (Å²) >= 11 is 5.31. The number of alkyl halides is 1. The number of amides is 1. The van der Waals surface area contributed by atoms with Gasteiger partial charge in [0.2, 0.25) is 0 Å². The summed E-state index contributed by atoms with van der Waals surface area (Å²) in [6, 6.07) is -0.231. The summed E-state index contributed by atoms with van der Waals surface area (Å²) < 4.78 is 15.4. The van der Waals surface area contributed by atoms with E-state index in [4.69, 9.17) is 21.1 Å². The number of hydrogen-bond donors (Lipinski definition) is 1. The Morgan fingerprint density at radius 3 is 2.48 bits per heavy atom. The van der Waals surface area contributed by atoms with Gasteiger partial charge in [-0.15, -0.1) is 0 Å². The average Bonchev–Trinajstić information content (AvgIpc) is 2.36. The summed E-state index contributed by atoms with van der Waals surface area (Å²) in [6.45, 7) is 5.47. The minimum absolute atomic E-state index is 0.0392. The fourth-order valence-electron chi connectivity index (χ4n) is 1.92. The zero-order valence-electron chi connectivity index (χ0n) is 12.5. The molecule has 0 aromatic rings. The number of morpholine rings is 1. The van der Waals surface area contributed by atoms with Crippen LogP contribution in [0.5, 0.6) is 0 Å². The summed E-state index contributed by atoms with van der Waals surface area (Å²) in [5.74, 6) is -0.516. The molecule has 1 N–H and O–H groups in total. The molecule has 0 aromatic carbocycles. The number of aliphatic hydroxyl groups is 1. The molecule has 2 atom stereocenters. The van der Waals surface area contributed by atoms with Crippen LogP contribution in [0, 0.1) is 0 Å². The van der Waals surface area contributed by atoms with Crippen molar-refractivity contribution in [2.24, 2.45) is 0 Å². The molecule has 7 nitrogen and oxygen atoms in total. The Balaban J connectivity index is 2.64. The summed E-state index contributed by atoms with van der Waals surface area (Å²) in [5, 5.41) is 9.24. The number of carbonyl (C=O) groups excluding carboxylic acids is 2. The lowest BCUT2D eigenvalue weighted by molar-refractivity contribution is -0.151. The standard InChI is InChI=1S/C13H22ClNO6/c1-13(2,3)21-12(18)15-5-9(4-11(17)19-8-14)20-10(6-15)7-16/h9-10,16H,4-8H2,1-3H3. The van der Waals surface area contributed by atoms with Crippen molar-refractivity contribution in [3.63, 3.8) is 0 Å². The summed E-state index contributed by atoms with van der Waals surface area (Å²) in [5.41, 5.74) is -0.614. The van der Waals surface area contributed by atoms with E-state index in [1.54, 1.807) is 20.8 Å². The van der Waals surface area contributed by atoms with Crippen LogP contribution in [-0.4, -0.2) is 65.6 Å². The van der Waals surface area contributed by atoms with Crippen LogP contribution < -0.4 is 0 Å². The number of carbonyl (C=O) groups is 2. The molecule has 0 radical (unpaired) electrons. The number of ether oxygens (including phenoxy) is 3. The second-order valence-corrected chi connectivity index (χ2v) is 6.00. The maximum absolute atomic E-state index is 12.1. The van der Waals surface area contributed by atoms with Crippen LogP contribution in [0.4, 0.5) is 4.79 Å². The summed E-state index contributed by atoms with van der Waals surface area (Å²) in [7, 11) is 0. The molecule has 122 valence electrons. The maximum atomic E-state index is 12.1. The van der Waals surface area contributed by atoms with E-state index in [0.717, 1.165) is 0 Å². The van der Waals surface area contributed by atoms with Gasteiger partial charge in [-0.25, -0.2) is 4.79 Å². The molecule has 0 aromatic heterocycles. The van der Waals surface area contributed by atoms with Crippen LogP contribution in [0.3, 0.4) is 0 Å². The average molecular weight is 324 g/mol. The number of halogens is 1. The molecule has 1 aliphatic rings. The Morgan fingerprint density at radius 1 is 1.33 bits per heavy atom. The monoisotopic (exact) mass is 323 g/mol. The predicted octanol–water partition coefficient (Wildman–Crippen LogP) is 1.11. The highest BCUT2D eigenvalue weighted by atomic mass is 35.5. The van der Waals surface area contributed by atoms with E-state index in [-0.39, 0.29) is 32.2 Å². The highest BCUT2D eigenvalue weighted by molar-refractivity contribution is 6.17. The van der Waals surface area contributed by atoms with E-state index in [0.29, 0.717) is 0 Å². The van der Waals surface area contributed by atoms with Gasteiger partial charge in [0, 0.05) is 0 Å². The van der Waals surface area contributed by atoms with Gasteiger partial charge in [0.25, 0.3) is 0 Å². The van der Waals surface area contributed by atoms with Crippen LogP contribution in [-0.2, 0) is 19.0 Å². The molecular weight excluding hydrogens is 302 g/mol. The maximum Gasteiger partial charge on any atom is 0.410 e. The van der Waals surface area contributed by atoms with Crippen molar-refractivity contribution in [3.8, 4) is 0 Å². The van der Waals surface area contributed by atoms with E-state index in [1.165, 1.54) is 4.90 Å². The van der Waals surface area contributed by atoms with Crippen LogP contribution in [0.25, 0.3) is 0 Å². The fourth-order valence-corrected chi connectivity index (χ4v) is 2.04. The molecule has 1 saturated heterocycles. The van der Waals surface area contributed by atoms with Gasteiger partial charge in [-0.1, -0.05) is 11.6 Å². The van der Waals surface area contributed by atoms with Crippen molar-refractivity contribution in [1.29, 1.82) is 0 Å². The number of nitrogens with zero attached hydrogens (tertiary/aromatic N) is 1. The molecule has 2 unspecified atom stereocenters. The van der Waals surface area contributed by atoms with Crippen molar-refractivity contribution in [2.75, 3.05) is 25.8 Å². The second kappa shape index (κ2) is 7.82. The molecule has 1 heterocycles. The summed E-state index contributed by atoms with van der Waals surface area (Å²) in [4.78, 5) is 24.9. The van der Waals surface area contributed by atoms with Crippen LogP contribution in [0.1, 0.15) is 27.2 Å². The highest BCUT2D eigenvalue weighted by Crippen LogP contribution is 2.18. The lowest BCUT2D eigenvalue weighted by atomic mass is 10.1. The molecular formula is C13H22ClNO6. The molecule has 1 amide bonds. The minimum atomic E-state index is -0.614. The quantitative estimate of drug-likeness (QED) is 0.616. The van der Waals surface area contributed by atoms with E-state index in [9.17, 15) is 14.7 Å². The second-order valence-electron chi connectivity index (χ2n) is 5.78. The van der Waals surface area contributed by atoms with E-state index >= 15 is 0 Å². The largest absolute Gasteiger partial charge is 0.449 e. The third kappa shape index (κ3) is 6.50. The predicted molar refractivity (Wildman–Crippen MR) is 75.0 cm³/mol. The van der Waals surface area contributed by atoms with Crippen molar-refractivity contribution in [2.45, 2.75) is 45.0 Å². The van der Waals surface area contributed by atoms with Crippen LogP contribution in [0.15, 0.2) is 0 Å². The van der Waals surface area contributed by atoms with Gasteiger partial charge >= 0.3 is 12.1 Å². The Kier molecular flexibility index (Phi) is 6.70. The normalized spacial score (nSPS) is 22.8. The van der Waals surface area contributed by atoms with Gasteiger partial charge in [-0.2, -0.15) is 0 Å². The highest BCUT2D eigenvalue weighted by Gasteiger charge is 2.34. The lowest BCUT2D eigenvalue weighted by Gasteiger charge is -2.37. The fraction of sp³-hybridized carbons (Fsp3) is 0.846. The molecule has 8 heteroatoms. The van der Waals surface area contributed by atoms with Gasteiger partial charge in [-0.3, -0.25) is 4.79 Å². The number of esters is 1. The van der Waals surface area contributed by atoms with Crippen molar-refractivity contribution in [3.05, 3.63) is 0 Å². The number of aliphatic hydroxyl groups excluding tert-OH is 1. The van der Waals surface area contributed by atoms with Gasteiger partial charge < -0.3 is 24.2 Å². The first-order chi connectivity index (χ1) is 9.75. The van der Waals surface area contributed by atoms with E-state index in [2.05, 4.69) is 4.74 Å². The van der Waals surface area contributed by atoms with Gasteiger partial charge in [-0.05, 0) is 20.8 Å². The first kappa shape index (κ1) is 18.0. The van der Waals surface area contributed by atoms with Crippen molar-refractivity contribution < 1.29 is 28.9 Å². The first-order valence-corrected chi connectivity index (χ1v) is 7.24. The number of hydrogen-bond acceptors (Lipinski definition) is 6. The first-order valence-electron chi connectivity index (χ1n) is 6.71. The molecule has 0 bridgehead atoms. The lowest BCUT2D eigenvalue weighted by Crippen LogP contribution is -2.52. The van der Waals surface area contributed by atoms with Gasteiger partial charge in [0.1, 0.15) is 5.60 Å². The molecule has 0 aliphatic carbocycles. The third-order valence-electron chi connectivity index (χ3n) is 2.70. The van der Waals surface area contributed by atoms with Crippen molar-refractivity contribution >= 4 is 23.7 Å². The smallest absolute Gasteiger partial charge is 0.410 e. The van der Waals surface area contributed by atoms with Gasteiger partial charge in [0.05, 0.1) is 38.3 Å². The zero-order chi connectivity index (χ0) is 16.0. The summed E-state index contributed by atoms with van der Waals surface area (Å²) in [6.07, 6.45) is -1.65. The zero-order valence-corrected chi connectivity index (χ0v) is 13.3. The van der Waals surface area contributed by atoms with E-state index < -0.39 is 29.9 Å². The van der Waals surface area contributed by atoms with Gasteiger partial charge in [0.15, 0.2) is 6.07 Å². The minimum Gasteiger partial charge on any atom is -0.449 e. The molecule has 1 fully saturated rings. The van der Waals surface area contributed by atoms with E-state index in [1.807, 2.05) is 0 Å². The Hall–Kier alpha value is -1.05. The Bertz CT molecular complexity index is 370. The third-order valence-corrected chi connectivity index (χ3v) is 2.81. The molecule has 0 spiro atoms. The van der Waals surface area contributed by atoms with Crippen LogP contribution in [0.2, 0.25) is 0 Å². The van der Waals surface area contributed by atoms with Crippen molar-refractivity contribution in [1.82, 2.24) is 4.90 Å². The molecule has 1 rings (SSSR count). The molecule has 0 saturated carbocycles. The Morgan fingerprint density at radius 2 is 1.95 bits per heavy atom. The van der Waals surface area contributed by atoms with Crippen LogP contribution >= 0.6 is 11.6 Å². The Labute approximate surface area is 129 Å². The topological polar surface area (TPSA) is 85.3 Å². The number of rotatable bonds is 4.